The number of hydrogen-bond donors (Lipinski definition) is 0. The number of hydrogen-bond acceptors (Lipinski definition) is 5. The van der Waals surface area contributed by atoms with Gasteiger partial charge in [0.2, 0.25) is 0 Å². The molecule has 8 nitrogen and oxygen atoms in total. The molecule has 4 heterocycles. The lowest BCUT2D eigenvalue weighted by Crippen LogP contribution is -2.50. The zero-order valence-electron chi connectivity index (χ0n) is 15.0. The molecule has 2 aliphatic heterocycles. The van der Waals surface area contributed by atoms with Crippen LogP contribution >= 0.6 is 0 Å². The second kappa shape index (κ2) is 6.31. The van der Waals surface area contributed by atoms with E-state index in [-0.39, 0.29) is 18.1 Å². The van der Waals surface area contributed by atoms with Crippen LogP contribution in [-0.4, -0.2) is 54.8 Å². The van der Waals surface area contributed by atoms with Gasteiger partial charge in [-0.1, -0.05) is 35.5 Å². The second-order valence-electron chi connectivity index (χ2n) is 7.03. The van der Waals surface area contributed by atoms with Crippen LogP contribution in [0.15, 0.2) is 42.6 Å². The number of amides is 1. The van der Waals surface area contributed by atoms with Crippen LogP contribution in [-0.2, 0) is 18.4 Å². The summed E-state index contributed by atoms with van der Waals surface area (Å²) in [6, 6.07) is 11.8. The lowest BCUT2D eigenvalue weighted by molar-refractivity contribution is -0.0606. The molecule has 2 aromatic heterocycles. The molecule has 2 unspecified atom stereocenters. The summed E-state index contributed by atoms with van der Waals surface area (Å²) in [4.78, 5) is 15.0. The van der Waals surface area contributed by atoms with Crippen LogP contribution in [0.5, 0.6) is 0 Å². The van der Waals surface area contributed by atoms with Crippen molar-refractivity contribution in [1.29, 1.82) is 0 Å². The monoisotopic (exact) mass is 364 g/mol. The van der Waals surface area contributed by atoms with Crippen molar-refractivity contribution < 1.29 is 9.53 Å². The molecule has 3 aromatic rings. The van der Waals surface area contributed by atoms with Crippen LogP contribution in [0, 0.1) is 0 Å². The molecule has 0 radical (unpaired) electrons. The zero-order valence-corrected chi connectivity index (χ0v) is 15.0. The van der Waals surface area contributed by atoms with Gasteiger partial charge in [-0.3, -0.25) is 9.48 Å². The van der Waals surface area contributed by atoms with E-state index in [1.54, 1.807) is 10.9 Å². The summed E-state index contributed by atoms with van der Waals surface area (Å²) in [5, 5.41) is 12.7. The van der Waals surface area contributed by atoms with Crippen molar-refractivity contribution in [1.82, 2.24) is 29.7 Å². The molecule has 0 saturated carbocycles. The normalized spacial score (nSPS) is 21.6. The Bertz CT molecular complexity index is 979. The number of piperidine rings is 1. The lowest BCUT2D eigenvalue weighted by atomic mass is 10.00. The number of likely N-dealkylation sites (tertiary alicyclic amines) is 1. The van der Waals surface area contributed by atoms with Crippen molar-refractivity contribution in [3.8, 4) is 11.3 Å². The molecule has 5 rings (SSSR count). The highest BCUT2D eigenvalue weighted by molar-refractivity contribution is 5.93. The first-order chi connectivity index (χ1) is 13.2. The third kappa shape index (κ3) is 2.73. The molecule has 0 aliphatic carbocycles. The SMILES string of the molecule is Cn1nc(-c2ccccc2)cc1C(=O)N1CCC2OCc3cnnn3C2C1. The number of ether oxygens (including phenoxy) is 1. The zero-order chi connectivity index (χ0) is 18.4. The highest BCUT2D eigenvalue weighted by Gasteiger charge is 2.38. The molecule has 138 valence electrons. The predicted molar refractivity (Wildman–Crippen MR) is 96.8 cm³/mol. The largest absolute Gasteiger partial charge is 0.370 e. The van der Waals surface area contributed by atoms with E-state index in [2.05, 4.69) is 15.4 Å². The molecule has 0 spiro atoms. The Labute approximate surface area is 156 Å². The van der Waals surface area contributed by atoms with Crippen LogP contribution in [0.25, 0.3) is 11.3 Å². The van der Waals surface area contributed by atoms with Gasteiger partial charge < -0.3 is 9.64 Å². The van der Waals surface area contributed by atoms with E-state index in [1.807, 2.05) is 53.0 Å². The Balaban J connectivity index is 1.40. The second-order valence-corrected chi connectivity index (χ2v) is 7.03. The highest BCUT2D eigenvalue weighted by atomic mass is 16.5. The van der Waals surface area contributed by atoms with Gasteiger partial charge in [0.25, 0.3) is 5.91 Å². The quantitative estimate of drug-likeness (QED) is 0.691. The van der Waals surface area contributed by atoms with Gasteiger partial charge in [-0.15, -0.1) is 5.10 Å². The molecule has 0 N–H and O–H groups in total. The molecule has 1 fully saturated rings. The van der Waals surface area contributed by atoms with Crippen molar-refractivity contribution in [3.63, 3.8) is 0 Å². The average molecular weight is 364 g/mol. The fraction of sp³-hybridized carbons (Fsp3) is 0.368. The number of aryl methyl sites for hydroxylation is 1. The van der Waals surface area contributed by atoms with Crippen molar-refractivity contribution in [2.45, 2.75) is 25.2 Å². The summed E-state index contributed by atoms with van der Waals surface area (Å²) >= 11 is 0. The van der Waals surface area contributed by atoms with Gasteiger partial charge in [0.1, 0.15) is 5.69 Å². The number of carbonyl (C=O) groups excluding carboxylic acids is 1. The Morgan fingerprint density at radius 2 is 2.11 bits per heavy atom. The Hall–Kier alpha value is -3.00. The topological polar surface area (TPSA) is 78.1 Å². The first kappa shape index (κ1) is 16.2. The fourth-order valence-corrected chi connectivity index (χ4v) is 3.94. The van der Waals surface area contributed by atoms with E-state index < -0.39 is 0 Å². The molecule has 0 bridgehead atoms. The van der Waals surface area contributed by atoms with E-state index >= 15 is 0 Å². The number of aromatic nitrogens is 5. The Kier molecular flexibility index (Phi) is 3.78. The molecule has 1 aromatic carbocycles. The van der Waals surface area contributed by atoms with Crippen molar-refractivity contribution in [2.75, 3.05) is 13.1 Å². The molecule has 8 heteroatoms. The van der Waals surface area contributed by atoms with Gasteiger partial charge >= 0.3 is 0 Å². The van der Waals surface area contributed by atoms with E-state index in [1.165, 1.54) is 0 Å². The van der Waals surface area contributed by atoms with Gasteiger partial charge in [-0.2, -0.15) is 5.10 Å². The summed E-state index contributed by atoms with van der Waals surface area (Å²) in [7, 11) is 1.81. The minimum atomic E-state index is -0.0159. The van der Waals surface area contributed by atoms with Crippen molar-refractivity contribution >= 4 is 5.91 Å². The summed E-state index contributed by atoms with van der Waals surface area (Å²) in [6.07, 6.45) is 2.60. The highest BCUT2D eigenvalue weighted by Crippen LogP contribution is 2.31. The third-order valence-electron chi connectivity index (χ3n) is 5.38. The Morgan fingerprint density at radius 3 is 2.96 bits per heavy atom. The van der Waals surface area contributed by atoms with Crippen LogP contribution in [0.2, 0.25) is 0 Å². The van der Waals surface area contributed by atoms with E-state index in [4.69, 9.17) is 4.74 Å². The lowest BCUT2D eigenvalue weighted by Gasteiger charge is -2.40. The van der Waals surface area contributed by atoms with Crippen molar-refractivity contribution in [2.24, 2.45) is 7.05 Å². The van der Waals surface area contributed by atoms with Crippen LogP contribution in [0.4, 0.5) is 0 Å². The van der Waals surface area contributed by atoms with Crippen molar-refractivity contribution in [3.05, 3.63) is 54.0 Å². The number of nitrogens with zero attached hydrogens (tertiary/aromatic N) is 6. The van der Waals surface area contributed by atoms with Crippen LogP contribution in [0.3, 0.4) is 0 Å². The number of carbonyl (C=O) groups is 1. The van der Waals surface area contributed by atoms with Gasteiger partial charge in [0, 0.05) is 25.7 Å². The average Bonchev–Trinajstić information content (AvgIpc) is 3.34. The summed E-state index contributed by atoms with van der Waals surface area (Å²) in [5.41, 5.74) is 3.34. The molecular formula is C19H20N6O2. The minimum Gasteiger partial charge on any atom is -0.370 e. The number of benzene rings is 1. The Morgan fingerprint density at radius 1 is 1.26 bits per heavy atom. The smallest absolute Gasteiger partial charge is 0.272 e. The van der Waals surface area contributed by atoms with Gasteiger partial charge in [0.15, 0.2) is 0 Å². The van der Waals surface area contributed by atoms with E-state index in [0.717, 1.165) is 23.4 Å². The molecule has 1 amide bonds. The van der Waals surface area contributed by atoms with Crippen LogP contribution < -0.4 is 0 Å². The maximum atomic E-state index is 13.2. The maximum Gasteiger partial charge on any atom is 0.272 e. The molecule has 1 saturated heterocycles. The van der Waals surface area contributed by atoms with Gasteiger partial charge in [-0.25, -0.2) is 4.68 Å². The van der Waals surface area contributed by atoms with E-state index in [9.17, 15) is 4.79 Å². The minimum absolute atomic E-state index is 0.00997. The summed E-state index contributed by atoms with van der Waals surface area (Å²) in [6.45, 7) is 1.76. The van der Waals surface area contributed by atoms with E-state index in [0.29, 0.717) is 25.4 Å². The standard InChI is InChI=1S/C19H20N6O2/c1-23-16(9-15(21-23)13-5-3-2-4-6-13)19(26)24-8-7-18-17(11-24)25-14(12-27-18)10-20-22-25/h2-6,9-10,17-18H,7-8,11-12H2,1H3. The first-order valence-corrected chi connectivity index (χ1v) is 9.10. The first-order valence-electron chi connectivity index (χ1n) is 9.10. The van der Waals surface area contributed by atoms with Gasteiger partial charge in [-0.05, 0) is 12.5 Å². The van der Waals surface area contributed by atoms with Gasteiger partial charge in [0.05, 0.1) is 36.3 Å². The molecule has 2 atom stereocenters. The number of rotatable bonds is 2. The number of fused-ring (bicyclic) bond motifs is 3. The molecule has 27 heavy (non-hydrogen) atoms. The molecule has 2 aliphatic rings. The van der Waals surface area contributed by atoms with Crippen LogP contribution in [0.1, 0.15) is 28.6 Å². The summed E-state index contributed by atoms with van der Waals surface area (Å²) in [5.74, 6) is -0.0159. The predicted octanol–water partition coefficient (Wildman–Crippen LogP) is 1.66. The third-order valence-corrected chi connectivity index (χ3v) is 5.38. The fourth-order valence-electron chi connectivity index (χ4n) is 3.94. The molecular weight excluding hydrogens is 344 g/mol. The maximum absolute atomic E-state index is 13.2. The summed E-state index contributed by atoms with van der Waals surface area (Å²) < 4.78 is 9.50.